The highest BCUT2D eigenvalue weighted by Crippen LogP contribution is 2.18. The number of benzene rings is 2. The Labute approximate surface area is 108 Å². The van der Waals surface area contributed by atoms with Gasteiger partial charge in [-0.3, -0.25) is 0 Å². The third kappa shape index (κ3) is 2.89. The van der Waals surface area contributed by atoms with Crippen LogP contribution in [0.5, 0.6) is 0 Å². The molecule has 2 aromatic rings. The lowest BCUT2D eigenvalue weighted by Crippen LogP contribution is -2.01. The molecule has 0 spiro atoms. The summed E-state index contributed by atoms with van der Waals surface area (Å²) < 4.78 is 0. The van der Waals surface area contributed by atoms with E-state index in [-0.39, 0.29) is 0 Å². The third-order valence-electron chi connectivity index (χ3n) is 2.94. The zero-order chi connectivity index (χ0) is 12.8. The second-order valence-electron chi connectivity index (χ2n) is 4.18. The summed E-state index contributed by atoms with van der Waals surface area (Å²) in [4.78, 5) is 0. The van der Waals surface area contributed by atoms with Crippen LogP contribution >= 0.6 is 0 Å². The molecule has 0 amide bonds. The van der Waals surface area contributed by atoms with Gasteiger partial charge < -0.3 is 5.32 Å². The van der Waals surface area contributed by atoms with Gasteiger partial charge in [0.05, 0.1) is 11.3 Å². The molecule has 0 radical (unpaired) electrons. The molecular weight excluding hydrogens is 220 g/mol. The van der Waals surface area contributed by atoms with E-state index in [0.29, 0.717) is 5.56 Å². The predicted octanol–water partition coefficient (Wildman–Crippen LogP) is 3.73. The van der Waals surface area contributed by atoms with E-state index in [9.17, 15) is 0 Å². The molecule has 0 saturated heterocycles. The number of rotatable bonds is 4. The Hall–Kier alpha value is -2.27. The first-order chi connectivity index (χ1) is 8.83. The molecule has 2 nitrogen and oxygen atoms in total. The molecule has 0 fully saturated rings. The number of nitrogens with one attached hydrogen (secondary N) is 1. The second-order valence-corrected chi connectivity index (χ2v) is 4.18. The van der Waals surface area contributed by atoms with Gasteiger partial charge in [0.2, 0.25) is 0 Å². The van der Waals surface area contributed by atoms with Gasteiger partial charge in [-0.25, -0.2) is 0 Å². The summed E-state index contributed by atoms with van der Waals surface area (Å²) in [6, 6.07) is 18.4. The Morgan fingerprint density at radius 2 is 1.83 bits per heavy atom. The van der Waals surface area contributed by atoms with E-state index >= 15 is 0 Å². The van der Waals surface area contributed by atoms with Crippen molar-refractivity contribution in [3.05, 3.63) is 65.2 Å². The molecule has 0 aliphatic carbocycles. The molecule has 2 rings (SSSR count). The quantitative estimate of drug-likeness (QED) is 0.878. The zero-order valence-electron chi connectivity index (χ0n) is 10.5. The van der Waals surface area contributed by atoms with Crippen molar-refractivity contribution in [3.8, 4) is 6.07 Å². The molecule has 0 unspecified atom stereocenters. The van der Waals surface area contributed by atoms with E-state index in [1.807, 2.05) is 30.3 Å². The normalized spacial score (nSPS) is 9.78. The Balaban J connectivity index is 2.12. The van der Waals surface area contributed by atoms with E-state index in [2.05, 4.69) is 36.5 Å². The van der Waals surface area contributed by atoms with Crippen LogP contribution in [0, 0.1) is 11.3 Å². The fourth-order valence-corrected chi connectivity index (χ4v) is 1.85. The minimum Gasteiger partial charge on any atom is -0.380 e. The fourth-order valence-electron chi connectivity index (χ4n) is 1.85. The molecule has 0 aromatic heterocycles. The number of nitriles is 1. The molecule has 2 heteroatoms. The SMILES string of the molecule is CCc1ccc(NCc2ccccc2)c(C#N)c1. The zero-order valence-corrected chi connectivity index (χ0v) is 10.5. The molecule has 0 bridgehead atoms. The van der Waals surface area contributed by atoms with E-state index < -0.39 is 0 Å². The van der Waals surface area contributed by atoms with Crippen LogP contribution in [0.25, 0.3) is 0 Å². The van der Waals surface area contributed by atoms with Crippen molar-refractivity contribution in [2.45, 2.75) is 19.9 Å². The molecule has 0 aliphatic heterocycles. The van der Waals surface area contributed by atoms with E-state index in [1.54, 1.807) is 0 Å². The highest BCUT2D eigenvalue weighted by atomic mass is 14.9. The maximum Gasteiger partial charge on any atom is 0.101 e. The van der Waals surface area contributed by atoms with Crippen LogP contribution < -0.4 is 5.32 Å². The summed E-state index contributed by atoms with van der Waals surface area (Å²) in [5, 5.41) is 12.5. The van der Waals surface area contributed by atoms with Crippen molar-refractivity contribution in [3.63, 3.8) is 0 Å². The number of anilines is 1. The lowest BCUT2D eigenvalue weighted by Gasteiger charge is -2.09. The van der Waals surface area contributed by atoms with Crippen LogP contribution in [0.4, 0.5) is 5.69 Å². The van der Waals surface area contributed by atoms with Crippen molar-refractivity contribution in [1.82, 2.24) is 0 Å². The average Bonchev–Trinajstić information content (AvgIpc) is 2.46. The van der Waals surface area contributed by atoms with Crippen LogP contribution in [-0.2, 0) is 13.0 Å². The molecule has 90 valence electrons. The molecule has 18 heavy (non-hydrogen) atoms. The highest BCUT2D eigenvalue weighted by molar-refractivity contribution is 5.58. The first-order valence-corrected chi connectivity index (χ1v) is 6.14. The van der Waals surface area contributed by atoms with Gasteiger partial charge in [-0.1, -0.05) is 43.3 Å². The summed E-state index contributed by atoms with van der Waals surface area (Å²) in [6.07, 6.45) is 0.952. The fraction of sp³-hybridized carbons (Fsp3) is 0.188. The van der Waals surface area contributed by atoms with Gasteiger partial charge in [-0.15, -0.1) is 0 Å². The lowest BCUT2D eigenvalue weighted by molar-refractivity contribution is 1.12. The molecule has 0 heterocycles. The van der Waals surface area contributed by atoms with E-state index in [0.717, 1.165) is 18.7 Å². The van der Waals surface area contributed by atoms with Crippen molar-refractivity contribution in [2.75, 3.05) is 5.32 Å². The van der Waals surface area contributed by atoms with Gasteiger partial charge in [0, 0.05) is 6.54 Å². The van der Waals surface area contributed by atoms with Gasteiger partial charge in [0.25, 0.3) is 0 Å². The number of aryl methyl sites for hydroxylation is 1. The molecular formula is C16H16N2. The molecule has 1 N–H and O–H groups in total. The topological polar surface area (TPSA) is 35.8 Å². The van der Waals surface area contributed by atoms with E-state index in [4.69, 9.17) is 5.26 Å². The average molecular weight is 236 g/mol. The van der Waals surface area contributed by atoms with Gasteiger partial charge in [0.1, 0.15) is 6.07 Å². The lowest BCUT2D eigenvalue weighted by atomic mass is 10.1. The third-order valence-corrected chi connectivity index (χ3v) is 2.94. The summed E-state index contributed by atoms with van der Waals surface area (Å²) in [7, 11) is 0. The number of nitrogens with zero attached hydrogens (tertiary/aromatic N) is 1. The van der Waals surface area contributed by atoms with Gasteiger partial charge in [0.15, 0.2) is 0 Å². The molecule has 2 aromatic carbocycles. The predicted molar refractivity (Wildman–Crippen MR) is 74.3 cm³/mol. The highest BCUT2D eigenvalue weighted by Gasteiger charge is 2.02. The van der Waals surface area contributed by atoms with Crippen molar-refractivity contribution in [1.29, 1.82) is 5.26 Å². The number of hydrogen-bond donors (Lipinski definition) is 1. The van der Waals surface area contributed by atoms with Crippen LogP contribution in [0.1, 0.15) is 23.6 Å². The first kappa shape index (κ1) is 12.2. The van der Waals surface area contributed by atoms with Crippen LogP contribution in [0.2, 0.25) is 0 Å². The van der Waals surface area contributed by atoms with Crippen LogP contribution in [-0.4, -0.2) is 0 Å². The van der Waals surface area contributed by atoms with E-state index in [1.165, 1.54) is 11.1 Å². The Bertz CT molecular complexity index is 553. The minimum atomic E-state index is 0.713. The van der Waals surface area contributed by atoms with Gasteiger partial charge in [-0.2, -0.15) is 5.26 Å². The molecule has 0 atom stereocenters. The largest absolute Gasteiger partial charge is 0.380 e. The van der Waals surface area contributed by atoms with Crippen molar-refractivity contribution >= 4 is 5.69 Å². The van der Waals surface area contributed by atoms with Gasteiger partial charge in [-0.05, 0) is 29.7 Å². The first-order valence-electron chi connectivity index (χ1n) is 6.14. The van der Waals surface area contributed by atoms with Gasteiger partial charge >= 0.3 is 0 Å². The Morgan fingerprint density at radius 1 is 1.06 bits per heavy atom. The number of hydrogen-bond acceptors (Lipinski definition) is 2. The Morgan fingerprint density at radius 3 is 2.50 bits per heavy atom. The van der Waals surface area contributed by atoms with Crippen LogP contribution in [0.15, 0.2) is 48.5 Å². The summed E-state index contributed by atoms with van der Waals surface area (Å²) in [5.41, 5.74) is 4.02. The summed E-state index contributed by atoms with van der Waals surface area (Å²) >= 11 is 0. The summed E-state index contributed by atoms with van der Waals surface area (Å²) in [6.45, 7) is 2.83. The summed E-state index contributed by atoms with van der Waals surface area (Å²) in [5.74, 6) is 0. The maximum atomic E-state index is 9.15. The standard InChI is InChI=1S/C16H16N2/c1-2-13-8-9-16(15(10-13)11-17)18-12-14-6-4-3-5-7-14/h3-10,18H,2,12H2,1H3. The Kier molecular flexibility index (Phi) is 3.98. The molecule has 0 saturated carbocycles. The van der Waals surface area contributed by atoms with Crippen LogP contribution in [0.3, 0.4) is 0 Å². The van der Waals surface area contributed by atoms with Crippen molar-refractivity contribution < 1.29 is 0 Å². The second kappa shape index (κ2) is 5.88. The monoisotopic (exact) mass is 236 g/mol. The smallest absolute Gasteiger partial charge is 0.101 e. The molecule has 0 aliphatic rings. The van der Waals surface area contributed by atoms with Crippen molar-refractivity contribution in [2.24, 2.45) is 0 Å². The minimum absolute atomic E-state index is 0.713. The maximum absolute atomic E-state index is 9.15.